The highest BCUT2D eigenvalue weighted by Crippen LogP contribution is 2.30. The van der Waals surface area contributed by atoms with E-state index < -0.39 is 35.3 Å². The van der Waals surface area contributed by atoms with Gasteiger partial charge in [0.15, 0.2) is 0 Å². The maximum absolute atomic E-state index is 12.8. The Morgan fingerprint density at radius 3 is 1.40 bits per heavy atom. The summed E-state index contributed by atoms with van der Waals surface area (Å²) in [5.41, 5.74) is -2.19. The Labute approximate surface area is 232 Å². The molecule has 40 heavy (non-hydrogen) atoms. The normalized spacial score (nSPS) is 12.8. The largest absolute Gasteiger partial charge is 0.416 e. The molecule has 0 aliphatic carbocycles. The van der Waals surface area contributed by atoms with Crippen LogP contribution in [0.3, 0.4) is 0 Å². The number of nitrogens with one attached hydrogen (secondary N) is 2. The fourth-order valence-corrected chi connectivity index (χ4v) is 4.97. The molecule has 2 aromatic rings. The molecular weight excluding hydrogens is 586 g/mol. The zero-order valence-electron chi connectivity index (χ0n) is 20.6. The van der Waals surface area contributed by atoms with Crippen molar-refractivity contribution in [1.29, 1.82) is 0 Å². The second-order valence-electron chi connectivity index (χ2n) is 8.00. The van der Waals surface area contributed by atoms with Crippen LogP contribution in [0.25, 0.3) is 0 Å². The second kappa shape index (κ2) is 15.4. The number of halogens is 6. The number of rotatable bonds is 13. The molecule has 0 heterocycles. The van der Waals surface area contributed by atoms with Gasteiger partial charge >= 0.3 is 12.4 Å². The number of oxime groups is 2. The quantitative estimate of drug-likeness (QED) is 0.0647. The van der Waals surface area contributed by atoms with Crippen LogP contribution in [0.15, 0.2) is 58.8 Å². The van der Waals surface area contributed by atoms with Gasteiger partial charge in [0.25, 0.3) is 11.8 Å². The van der Waals surface area contributed by atoms with Gasteiger partial charge in [0, 0.05) is 37.4 Å². The van der Waals surface area contributed by atoms with Crippen molar-refractivity contribution in [2.75, 3.05) is 24.6 Å². The second-order valence-corrected chi connectivity index (χ2v) is 10.7. The van der Waals surface area contributed by atoms with Gasteiger partial charge in [0.1, 0.15) is 11.4 Å². The lowest BCUT2D eigenvalue weighted by Crippen LogP contribution is -2.34. The summed E-state index contributed by atoms with van der Waals surface area (Å²) in [7, 11) is 2.67. The van der Waals surface area contributed by atoms with E-state index in [1.807, 2.05) is 0 Å². The molecule has 0 fully saturated rings. The van der Waals surface area contributed by atoms with Gasteiger partial charge in [0.2, 0.25) is 0 Å². The molecule has 0 atom stereocenters. The van der Waals surface area contributed by atoms with Crippen LogP contribution in [0.4, 0.5) is 26.3 Å². The van der Waals surface area contributed by atoms with Gasteiger partial charge < -0.3 is 21.0 Å². The smallest absolute Gasteiger partial charge is 0.410 e. The zero-order chi connectivity index (χ0) is 29.8. The first-order chi connectivity index (χ1) is 18.8. The average Bonchev–Trinajstić information content (AvgIpc) is 2.90. The molecule has 218 valence electrons. The Morgan fingerprint density at radius 1 is 0.700 bits per heavy atom. The maximum Gasteiger partial charge on any atom is 0.416 e. The number of carbonyl (C=O) groups is 2. The van der Waals surface area contributed by atoms with Crippen molar-refractivity contribution in [3.63, 3.8) is 0 Å². The van der Waals surface area contributed by atoms with Crippen LogP contribution in [0, 0.1) is 0 Å². The summed E-state index contributed by atoms with van der Waals surface area (Å²) in [6.07, 6.45) is -9.71. The van der Waals surface area contributed by atoms with E-state index in [9.17, 15) is 35.9 Å². The zero-order valence-corrected chi connectivity index (χ0v) is 22.2. The minimum absolute atomic E-state index is 0.147. The monoisotopic (exact) mass is 610 g/mol. The minimum atomic E-state index is -4.55. The van der Waals surface area contributed by atoms with Gasteiger partial charge in [-0.2, -0.15) is 26.3 Å². The molecule has 0 bridgehead atoms. The first-order valence-electron chi connectivity index (χ1n) is 11.4. The summed E-state index contributed by atoms with van der Waals surface area (Å²) in [5, 5.41) is 29.0. The number of hydrogen-bond donors (Lipinski definition) is 4. The summed E-state index contributed by atoms with van der Waals surface area (Å²) < 4.78 is 77.1. The van der Waals surface area contributed by atoms with Crippen molar-refractivity contribution in [1.82, 2.24) is 10.6 Å². The predicted octanol–water partition coefficient (Wildman–Crippen LogP) is 4.78. The molecule has 4 N–H and O–H groups in total. The lowest BCUT2D eigenvalue weighted by Gasteiger charge is -2.10. The number of amides is 2. The third-order valence-electron chi connectivity index (χ3n) is 5.04. The van der Waals surface area contributed by atoms with Crippen molar-refractivity contribution < 1.29 is 46.3 Å². The van der Waals surface area contributed by atoms with Crippen LogP contribution in [-0.2, 0) is 34.8 Å². The summed E-state index contributed by atoms with van der Waals surface area (Å²) >= 11 is 0. The third-order valence-corrected chi connectivity index (χ3v) is 7.45. The van der Waals surface area contributed by atoms with Gasteiger partial charge in [-0.1, -0.05) is 68.3 Å². The third kappa shape index (κ3) is 11.0. The van der Waals surface area contributed by atoms with Crippen LogP contribution < -0.4 is 10.6 Å². The molecule has 2 aromatic carbocycles. The lowest BCUT2D eigenvalue weighted by atomic mass is 10.0. The maximum atomic E-state index is 12.8. The highest BCUT2D eigenvalue weighted by molar-refractivity contribution is 8.76. The van der Waals surface area contributed by atoms with Crippen LogP contribution in [0.5, 0.6) is 0 Å². The number of alkyl halides is 6. The number of benzene rings is 2. The first kappa shape index (κ1) is 32.8. The number of nitrogens with zero attached hydrogens (tertiary/aromatic N) is 2. The number of carbonyl (C=O) groups excluding carboxylic acids is 2. The van der Waals surface area contributed by atoms with E-state index in [0.717, 1.165) is 24.3 Å². The van der Waals surface area contributed by atoms with E-state index in [2.05, 4.69) is 20.9 Å². The summed E-state index contributed by atoms with van der Waals surface area (Å²) in [6.45, 7) is 0.311. The van der Waals surface area contributed by atoms with Gasteiger partial charge in [-0.3, -0.25) is 9.59 Å². The first-order valence-corrected chi connectivity index (χ1v) is 13.9. The van der Waals surface area contributed by atoms with Crippen molar-refractivity contribution in [2.45, 2.75) is 25.2 Å². The Balaban J connectivity index is 1.67. The van der Waals surface area contributed by atoms with Crippen molar-refractivity contribution >= 4 is 44.8 Å². The van der Waals surface area contributed by atoms with E-state index in [1.165, 1.54) is 45.9 Å². The van der Waals surface area contributed by atoms with Crippen LogP contribution in [0.1, 0.15) is 22.3 Å². The van der Waals surface area contributed by atoms with Gasteiger partial charge in [-0.15, -0.1) is 0 Å². The van der Waals surface area contributed by atoms with E-state index in [0.29, 0.717) is 11.5 Å². The molecule has 16 heteroatoms. The average molecular weight is 611 g/mol. The molecule has 0 saturated heterocycles. The molecule has 0 unspecified atom stereocenters. The molecule has 0 spiro atoms. The molecular formula is C24H24F6N4O4S2. The van der Waals surface area contributed by atoms with Gasteiger partial charge in [0.05, 0.1) is 11.1 Å². The fourth-order valence-electron chi connectivity index (χ4n) is 3.16. The van der Waals surface area contributed by atoms with Gasteiger partial charge in [-0.05, 0) is 23.3 Å². The molecule has 0 aliphatic heterocycles. The summed E-state index contributed by atoms with van der Waals surface area (Å²) in [4.78, 5) is 24.4. The topological polar surface area (TPSA) is 123 Å². The Bertz CT molecular complexity index is 1130. The predicted molar refractivity (Wildman–Crippen MR) is 140 cm³/mol. The van der Waals surface area contributed by atoms with E-state index in [-0.39, 0.29) is 48.5 Å². The van der Waals surface area contributed by atoms with Crippen LogP contribution >= 0.6 is 21.6 Å². The Kier molecular flexibility index (Phi) is 12.6. The minimum Gasteiger partial charge on any atom is -0.410 e. The van der Waals surface area contributed by atoms with E-state index in [1.54, 1.807) is 0 Å². The van der Waals surface area contributed by atoms with Crippen molar-refractivity contribution in [2.24, 2.45) is 10.3 Å². The molecule has 0 radical (unpaired) electrons. The standard InChI is InChI=1S/C24H24F6N4O4S2/c25-23(26,27)17-5-1-3-15(11-17)13-19(33-37)21(35)31-7-9-39-40-10-8-32-22(36)20(34-38)14-16-4-2-6-18(12-16)24(28,29)30/h1-6,11-12,37-38H,7-10,13-14H2,(H,31,35)(H,32,36)/b33-19+,34-20+. The molecule has 0 saturated carbocycles. The molecule has 8 nitrogen and oxygen atoms in total. The highest BCUT2D eigenvalue weighted by atomic mass is 33.1. The highest BCUT2D eigenvalue weighted by Gasteiger charge is 2.31. The molecule has 2 amide bonds. The fraction of sp³-hybridized carbons (Fsp3) is 0.333. The van der Waals surface area contributed by atoms with Gasteiger partial charge in [-0.25, -0.2) is 0 Å². The summed E-state index contributed by atoms with van der Waals surface area (Å²) in [6, 6.07) is 8.64. The molecule has 0 aliphatic rings. The van der Waals surface area contributed by atoms with Crippen molar-refractivity contribution in [3.05, 3.63) is 70.8 Å². The summed E-state index contributed by atoms with van der Waals surface area (Å²) in [5.74, 6) is -0.666. The van der Waals surface area contributed by atoms with E-state index >= 15 is 0 Å². The Hall–Kier alpha value is -3.40. The lowest BCUT2D eigenvalue weighted by molar-refractivity contribution is -0.138. The van der Waals surface area contributed by atoms with Crippen LogP contribution in [0.2, 0.25) is 0 Å². The SMILES string of the molecule is O=C(NCCSSCCNC(=O)/C(Cc1cccc(C(F)(F)F)c1)=N/O)/C(Cc1cccc(C(F)(F)F)c1)=N/O. The van der Waals surface area contributed by atoms with Crippen LogP contribution in [-0.4, -0.2) is 58.2 Å². The van der Waals surface area contributed by atoms with Crippen molar-refractivity contribution in [3.8, 4) is 0 Å². The molecule has 2 rings (SSSR count). The van der Waals surface area contributed by atoms with E-state index in [4.69, 9.17) is 10.4 Å². The number of hydrogen-bond acceptors (Lipinski definition) is 8. The Morgan fingerprint density at radius 2 is 1.07 bits per heavy atom. The molecule has 0 aromatic heterocycles.